The first-order chi connectivity index (χ1) is 19.2. The number of para-hydroxylation sites is 1. The van der Waals surface area contributed by atoms with Gasteiger partial charge in [-0.05, 0) is 47.4 Å². The van der Waals surface area contributed by atoms with Crippen LogP contribution in [-0.2, 0) is 17.0 Å². The molecule has 0 aliphatic rings. The van der Waals surface area contributed by atoms with E-state index in [4.69, 9.17) is 19.9 Å². The van der Waals surface area contributed by atoms with Gasteiger partial charge in [0, 0.05) is 42.5 Å². The lowest BCUT2D eigenvalue weighted by Gasteiger charge is -2.14. The van der Waals surface area contributed by atoms with Crippen molar-refractivity contribution in [3.05, 3.63) is 108 Å². The molecule has 0 amide bonds. The van der Waals surface area contributed by atoms with Crippen LogP contribution in [0.4, 0.5) is 0 Å². The Morgan fingerprint density at radius 2 is 1.59 bits per heavy atom. The highest BCUT2D eigenvalue weighted by Gasteiger charge is 2.19. The number of benzene rings is 4. The maximum Gasteiger partial charge on any atom is 0.191 e. The summed E-state index contributed by atoms with van der Waals surface area (Å²) in [5, 5.41) is 14.0. The van der Waals surface area contributed by atoms with Gasteiger partial charge in [-0.1, -0.05) is 96.7 Å². The predicted octanol–water partition coefficient (Wildman–Crippen LogP) is 7.95. The first-order valence-electron chi connectivity index (χ1n) is 13.2. The van der Waals surface area contributed by atoms with Crippen LogP contribution in [-0.4, -0.2) is 33.5 Å². The van der Waals surface area contributed by atoms with Crippen LogP contribution < -0.4 is 0 Å². The molecule has 0 bridgehead atoms. The second kappa shape index (κ2) is 11.4. The zero-order chi connectivity index (χ0) is 26.6. The van der Waals surface area contributed by atoms with E-state index in [2.05, 4.69) is 84.3 Å². The molecular weight excluding hydrogens is 500 g/mol. The molecule has 2 aromatic heterocycles. The molecule has 2 heterocycles. The number of thioether (sulfide) groups is 1. The third kappa shape index (κ3) is 5.18. The summed E-state index contributed by atoms with van der Waals surface area (Å²) < 4.78 is 7.65. The number of rotatable bonds is 9. The molecule has 0 N–H and O–H groups in total. The molecule has 6 aromatic rings. The van der Waals surface area contributed by atoms with Gasteiger partial charge in [0.15, 0.2) is 11.0 Å². The Bertz CT molecular complexity index is 1750. The maximum absolute atomic E-state index is 5.40. The SMILES string of the molecule is COCCCn1c(SCc2c(C)ccc3ccccc23)nnc1-c1cc(-c2ccccc2)nc2ccccc12. The largest absolute Gasteiger partial charge is 0.385 e. The van der Waals surface area contributed by atoms with Crippen molar-refractivity contribution in [1.82, 2.24) is 19.7 Å². The van der Waals surface area contributed by atoms with Crippen molar-refractivity contribution in [3.8, 4) is 22.6 Å². The number of ether oxygens (including phenoxy) is 1. The minimum atomic E-state index is 0.677. The molecule has 39 heavy (non-hydrogen) atoms. The summed E-state index contributed by atoms with van der Waals surface area (Å²) in [6, 6.07) is 33.7. The molecule has 0 radical (unpaired) electrons. The normalized spacial score (nSPS) is 11.4. The van der Waals surface area contributed by atoms with Gasteiger partial charge in [-0.15, -0.1) is 10.2 Å². The third-order valence-corrected chi connectivity index (χ3v) is 8.09. The highest BCUT2D eigenvalue weighted by atomic mass is 32.2. The average Bonchev–Trinajstić information content (AvgIpc) is 3.39. The Balaban J connectivity index is 1.43. The lowest BCUT2D eigenvalue weighted by Crippen LogP contribution is -2.06. The van der Waals surface area contributed by atoms with E-state index in [1.165, 1.54) is 21.9 Å². The zero-order valence-corrected chi connectivity index (χ0v) is 23.0. The van der Waals surface area contributed by atoms with Gasteiger partial charge in [-0.2, -0.15) is 0 Å². The van der Waals surface area contributed by atoms with Crippen LogP contribution >= 0.6 is 11.8 Å². The van der Waals surface area contributed by atoms with Gasteiger partial charge in [0.2, 0.25) is 0 Å². The van der Waals surface area contributed by atoms with Gasteiger partial charge in [0.25, 0.3) is 0 Å². The van der Waals surface area contributed by atoms with E-state index in [-0.39, 0.29) is 0 Å². The number of hydrogen-bond acceptors (Lipinski definition) is 5. The molecule has 0 spiro atoms. The minimum absolute atomic E-state index is 0.677. The molecule has 0 aliphatic heterocycles. The molecule has 0 aliphatic carbocycles. The Kier molecular flexibility index (Phi) is 7.39. The van der Waals surface area contributed by atoms with Gasteiger partial charge in [-0.25, -0.2) is 4.98 Å². The van der Waals surface area contributed by atoms with Crippen molar-refractivity contribution in [3.63, 3.8) is 0 Å². The summed E-state index contributed by atoms with van der Waals surface area (Å²) in [7, 11) is 1.74. The fraction of sp³-hybridized carbons (Fsp3) is 0.182. The highest BCUT2D eigenvalue weighted by Crippen LogP contribution is 2.35. The van der Waals surface area contributed by atoms with Gasteiger partial charge in [-0.3, -0.25) is 0 Å². The minimum Gasteiger partial charge on any atom is -0.385 e. The van der Waals surface area contributed by atoms with Crippen LogP contribution in [0.2, 0.25) is 0 Å². The lowest BCUT2D eigenvalue weighted by molar-refractivity contribution is 0.189. The van der Waals surface area contributed by atoms with Gasteiger partial charge < -0.3 is 9.30 Å². The van der Waals surface area contributed by atoms with E-state index in [0.717, 1.165) is 57.4 Å². The summed E-state index contributed by atoms with van der Waals surface area (Å²) in [6.45, 7) is 3.63. The van der Waals surface area contributed by atoms with Gasteiger partial charge in [0.1, 0.15) is 0 Å². The van der Waals surface area contributed by atoms with E-state index >= 15 is 0 Å². The van der Waals surface area contributed by atoms with Crippen LogP contribution in [0, 0.1) is 6.92 Å². The molecule has 194 valence electrons. The summed E-state index contributed by atoms with van der Waals surface area (Å²) in [4.78, 5) is 4.98. The number of aryl methyl sites for hydroxylation is 1. The first-order valence-corrected chi connectivity index (χ1v) is 14.2. The lowest BCUT2D eigenvalue weighted by atomic mass is 10.0. The van der Waals surface area contributed by atoms with Crippen molar-refractivity contribution in [2.45, 2.75) is 30.8 Å². The number of nitrogens with zero attached hydrogens (tertiary/aromatic N) is 4. The monoisotopic (exact) mass is 530 g/mol. The summed E-state index contributed by atoms with van der Waals surface area (Å²) in [5.41, 5.74) is 6.62. The van der Waals surface area contributed by atoms with Crippen molar-refractivity contribution < 1.29 is 4.74 Å². The molecular formula is C33H30N4OS. The van der Waals surface area contributed by atoms with Gasteiger partial charge in [0.05, 0.1) is 11.2 Å². The standard InChI is InChI=1S/C33H30N4OS/c1-23-17-18-24-11-6-7-14-26(24)29(23)22-39-33-36-35-32(37(33)19-10-20-38-2)28-21-31(25-12-4-3-5-13-25)34-30-16-9-8-15-27(28)30/h3-9,11-18,21H,10,19-20,22H2,1-2H3. The molecule has 6 rings (SSSR count). The Morgan fingerprint density at radius 1 is 0.821 bits per heavy atom. The smallest absolute Gasteiger partial charge is 0.191 e. The Labute approximate surface area is 232 Å². The molecule has 0 fully saturated rings. The number of fused-ring (bicyclic) bond motifs is 2. The first kappa shape index (κ1) is 25.3. The molecule has 0 unspecified atom stereocenters. The topological polar surface area (TPSA) is 52.8 Å². The number of aromatic nitrogens is 4. The van der Waals surface area contributed by atoms with E-state index in [0.29, 0.717) is 6.61 Å². The van der Waals surface area contributed by atoms with Crippen LogP contribution in [0.3, 0.4) is 0 Å². The van der Waals surface area contributed by atoms with Crippen molar-refractivity contribution in [2.24, 2.45) is 0 Å². The molecule has 0 atom stereocenters. The maximum atomic E-state index is 5.40. The quantitative estimate of drug-likeness (QED) is 0.140. The van der Waals surface area contributed by atoms with E-state index in [9.17, 15) is 0 Å². The Morgan fingerprint density at radius 3 is 2.44 bits per heavy atom. The summed E-state index contributed by atoms with van der Waals surface area (Å²) in [6.07, 6.45) is 0.872. The van der Waals surface area contributed by atoms with Crippen LogP contribution in [0.1, 0.15) is 17.5 Å². The summed E-state index contributed by atoms with van der Waals surface area (Å²) >= 11 is 1.74. The molecule has 6 heteroatoms. The molecule has 4 aromatic carbocycles. The average molecular weight is 531 g/mol. The van der Waals surface area contributed by atoms with Crippen LogP contribution in [0.25, 0.3) is 44.3 Å². The van der Waals surface area contributed by atoms with Crippen molar-refractivity contribution >= 4 is 33.4 Å². The third-order valence-electron chi connectivity index (χ3n) is 7.09. The second-order valence-electron chi connectivity index (χ2n) is 9.61. The van der Waals surface area contributed by atoms with E-state index in [1.54, 1.807) is 18.9 Å². The van der Waals surface area contributed by atoms with E-state index in [1.807, 2.05) is 24.3 Å². The summed E-state index contributed by atoms with van der Waals surface area (Å²) in [5.74, 6) is 1.68. The van der Waals surface area contributed by atoms with E-state index < -0.39 is 0 Å². The molecule has 5 nitrogen and oxygen atoms in total. The Hall–Kier alpha value is -4.00. The molecule has 0 saturated carbocycles. The number of pyridine rings is 1. The van der Waals surface area contributed by atoms with Crippen LogP contribution in [0.15, 0.2) is 102 Å². The number of methoxy groups -OCH3 is 1. The highest BCUT2D eigenvalue weighted by molar-refractivity contribution is 7.98. The second-order valence-corrected chi connectivity index (χ2v) is 10.6. The fourth-order valence-electron chi connectivity index (χ4n) is 5.05. The molecule has 0 saturated heterocycles. The van der Waals surface area contributed by atoms with Crippen LogP contribution in [0.5, 0.6) is 0 Å². The van der Waals surface area contributed by atoms with Crippen molar-refractivity contribution in [2.75, 3.05) is 13.7 Å². The fourth-order valence-corrected chi connectivity index (χ4v) is 6.14. The number of hydrogen-bond donors (Lipinski definition) is 0. The predicted molar refractivity (Wildman–Crippen MR) is 161 cm³/mol. The van der Waals surface area contributed by atoms with Gasteiger partial charge >= 0.3 is 0 Å². The van der Waals surface area contributed by atoms with Crippen molar-refractivity contribution in [1.29, 1.82) is 0 Å². The zero-order valence-electron chi connectivity index (χ0n) is 22.2.